The molecule has 98 valence electrons. The van der Waals surface area contributed by atoms with Gasteiger partial charge in [0.05, 0.1) is 0 Å². The van der Waals surface area contributed by atoms with E-state index in [1.165, 1.54) is 11.5 Å². The third-order valence-corrected chi connectivity index (χ3v) is 3.30. The first kappa shape index (κ1) is 14.4. The lowest BCUT2D eigenvalue weighted by molar-refractivity contribution is 0.267. The van der Waals surface area contributed by atoms with Gasteiger partial charge in [-0.3, -0.25) is 0 Å². The number of hydrogen-bond acceptors (Lipinski definition) is 5. The maximum absolute atomic E-state index is 9.02. The standard InChI is InChI=1S/C12H23N3OS/c1-8(2)7-11-14-12(17-15-11)13-10(5-6-16)9(3)4/h8-10,16H,5-7H2,1-4H3,(H,13,14,15). The van der Waals surface area contributed by atoms with E-state index in [4.69, 9.17) is 5.11 Å². The summed E-state index contributed by atoms with van der Waals surface area (Å²) in [5, 5.41) is 13.2. The predicted molar refractivity (Wildman–Crippen MR) is 72.4 cm³/mol. The number of hydrogen-bond donors (Lipinski definition) is 2. The molecule has 1 rings (SSSR count). The van der Waals surface area contributed by atoms with E-state index in [1.54, 1.807) is 0 Å². The molecule has 0 spiro atoms. The Morgan fingerprint density at radius 3 is 2.53 bits per heavy atom. The summed E-state index contributed by atoms with van der Waals surface area (Å²) in [6.45, 7) is 8.81. The minimum Gasteiger partial charge on any atom is -0.396 e. The van der Waals surface area contributed by atoms with E-state index in [9.17, 15) is 0 Å². The van der Waals surface area contributed by atoms with Gasteiger partial charge in [0.25, 0.3) is 0 Å². The van der Waals surface area contributed by atoms with Crippen LogP contribution in [0, 0.1) is 11.8 Å². The first-order chi connectivity index (χ1) is 8.02. The second-order valence-corrected chi connectivity index (χ2v) is 5.87. The zero-order valence-corrected chi connectivity index (χ0v) is 11.9. The Bertz CT molecular complexity index is 325. The van der Waals surface area contributed by atoms with E-state index < -0.39 is 0 Å². The highest BCUT2D eigenvalue weighted by atomic mass is 32.1. The van der Waals surface area contributed by atoms with Crippen LogP contribution in [0.3, 0.4) is 0 Å². The van der Waals surface area contributed by atoms with Crippen LogP contribution in [0.4, 0.5) is 5.13 Å². The Hall–Kier alpha value is -0.680. The van der Waals surface area contributed by atoms with E-state index in [-0.39, 0.29) is 12.6 Å². The van der Waals surface area contributed by atoms with Gasteiger partial charge in [-0.2, -0.15) is 4.37 Å². The van der Waals surface area contributed by atoms with E-state index in [1.807, 2.05) is 0 Å². The molecule has 0 saturated heterocycles. The average Bonchev–Trinajstić information content (AvgIpc) is 2.63. The topological polar surface area (TPSA) is 58.0 Å². The SMILES string of the molecule is CC(C)Cc1nsc(NC(CCO)C(C)C)n1. The third kappa shape index (κ3) is 5.00. The molecule has 0 aromatic carbocycles. The Labute approximate surface area is 108 Å². The summed E-state index contributed by atoms with van der Waals surface area (Å²) in [5.41, 5.74) is 0. The fourth-order valence-corrected chi connectivity index (χ4v) is 2.29. The molecule has 0 aliphatic heterocycles. The molecule has 1 heterocycles. The lowest BCUT2D eigenvalue weighted by atomic mass is 10.0. The van der Waals surface area contributed by atoms with E-state index >= 15 is 0 Å². The van der Waals surface area contributed by atoms with Crippen molar-refractivity contribution in [2.75, 3.05) is 11.9 Å². The number of nitrogens with zero attached hydrogens (tertiary/aromatic N) is 2. The second kappa shape index (κ2) is 6.91. The first-order valence-corrected chi connectivity index (χ1v) is 7.00. The van der Waals surface area contributed by atoms with Crippen LogP contribution in [0.2, 0.25) is 0 Å². The number of rotatable bonds is 7. The maximum Gasteiger partial charge on any atom is 0.202 e. The summed E-state index contributed by atoms with van der Waals surface area (Å²) in [4.78, 5) is 4.47. The van der Waals surface area contributed by atoms with Crippen LogP contribution >= 0.6 is 11.5 Å². The number of anilines is 1. The summed E-state index contributed by atoms with van der Waals surface area (Å²) in [6, 6.07) is 0.264. The van der Waals surface area contributed by atoms with Crippen molar-refractivity contribution in [3.63, 3.8) is 0 Å². The van der Waals surface area contributed by atoms with Crippen LogP contribution in [-0.4, -0.2) is 27.1 Å². The van der Waals surface area contributed by atoms with Crippen LogP contribution in [-0.2, 0) is 6.42 Å². The van der Waals surface area contributed by atoms with Crippen molar-refractivity contribution in [3.8, 4) is 0 Å². The average molecular weight is 257 g/mol. The molecule has 0 amide bonds. The number of nitrogens with one attached hydrogen (secondary N) is 1. The van der Waals surface area contributed by atoms with E-state index in [0.717, 1.165) is 23.8 Å². The molecule has 2 N–H and O–H groups in total. The summed E-state index contributed by atoms with van der Waals surface area (Å²) in [6.07, 6.45) is 1.67. The Kier molecular flexibility index (Phi) is 5.85. The van der Waals surface area contributed by atoms with Gasteiger partial charge in [0, 0.05) is 30.6 Å². The molecule has 0 radical (unpaired) electrons. The Morgan fingerprint density at radius 1 is 1.29 bits per heavy atom. The van der Waals surface area contributed by atoms with E-state index in [0.29, 0.717) is 11.8 Å². The van der Waals surface area contributed by atoms with Gasteiger partial charge < -0.3 is 10.4 Å². The smallest absolute Gasteiger partial charge is 0.202 e. The highest BCUT2D eigenvalue weighted by molar-refractivity contribution is 7.09. The lowest BCUT2D eigenvalue weighted by Gasteiger charge is -2.20. The van der Waals surface area contributed by atoms with Gasteiger partial charge in [-0.15, -0.1) is 0 Å². The fraction of sp³-hybridized carbons (Fsp3) is 0.833. The summed E-state index contributed by atoms with van der Waals surface area (Å²) >= 11 is 1.41. The molecule has 0 bridgehead atoms. The molecule has 1 unspecified atom stereocenters. The van der Waals surface area contributed by atoms with Crippen molar-refractivity contribution >= 4 is 16.7 Å². The monoisotopic (exact) mass is 257 g/mol. The van der Waals surface area contributed by atoms with Crippen molar-refractivity contribution in [2.24, 2.45) is 11.8 Å². The molecule has 0 fully saturated rings. The van der Waals surface area contributed by atoms with Gasteiger partial charge in [0.1, 0.15) is 5.82 Å². The number of aliphatic hydroxyl groups is 1. The van der Waals surface area contributed by atoms with Crippen LogP contribution < -0.4 is 5.32 Å². The normalized spacial score (nSPS) is 13.4. The quantitative estimate of drug-likeness (QED) is 0.788. The van der Waals surface area contributed by atoms with Crippen LogP contribution in [0.1, 0.15) is 39.9 Å². The van der Waals surface area contributed by atoms with Gasteiger partial charge >= 0.3 is 0 Å². The summed E-state index contributed by atoms with van der Waals surface area (Å²) < 4.78 is 4.33. The highest BCUT2D eigenvalue weighted by Crippen LogP contribution is 2.18. The van der Waals surface area contributed by atoms with Gasteiger partial charge in [0.15, 0.2) is 0 Å². The number of aromatic nitrogens is 2. The molecule has 1 aromatic rings. The first-order valence-electron chi connectivity index (χ1n) is 6.23. The second-order valence-electron chi connectivity index (χ2n) is 5.12. The molecular formula is C12H23N3OS. The molecule has 1 atom stereocenters. The lowest BCUT2D eigenvalue weighted by Crippen LogP contribution is -2.26. The molecule has 5 heteroatoms. The highest BCUT2D eigenvalue weighted by Gasteiger charge is 2.15. The summed E-state index contributed by atoms with van der Waals surface area (Å²) in [5.74, 6) is 1.97. The van der Waals surface area contributed by atoms with E-state index in [2.05, 4.69) is 42.4 Å². The van der Waals surface area contributed by atoms with Crippen molar-refractivity contribution in [1.82, 2.24) is 9.36 Å². The van der Waals surface area contributed by atoms with Crippen molar-refractivity contribution in [1.29, 1.82) is 0 Å². The molecule has 0 saturated carbocycles. The minimum absolute atomic E-state index is 0.202. The molecule has 4 nitrogen and oxygen atoms in total. The van der Waals surface area contributed by atoms with Gasteiger partial charge in [-0.1, -0.05) is 27.7 Å². The molecule has 0 aliphatic carbocycles. The molecule has 0 aliphatic rings. The maximum atomic E-state index is 9.02. The van der Waals surface area contributed by atoms with Crippen LogP contribution in [0.15, 0.2) is 0 Å². The van der Waals surface area contributed by atoms with Gasteiger partial charge in [0.2, 0.25) is 5.13 Å². The fourth-order valence-electron chi connectivity index (χ4n) is 1.63. The Balaban J connectivity index is 2.57. The van der Waals surface area contributed by atoms with Crippen LogP contribution in [0.5, 0.6) is 0 Å². The largest absolute Gasteiger partial charge is 0.396 e. The number of aliphatic hydroxyl groups excluding tert-OH is 1. The molecular weight excluding hydrogens is 234 g/mol. The van der Waals surface area contributed by atoms with Crippen LogP contribution in [0.25, 0.3) is 0 Å². The van der Waals surface area contributed by atoms with Crippen molar-refractivity contribution < 1.29 is 5.11 Å². The van der Waals surface area contributed by atoms with Gasteiger partial charge in [-0.25, -0.2) is 4.98 Å². The zero-order chi connectivity index (χ0) is 12.8. The minimum atomic E-state index is 0.202. The molecule has 17 heavy (non-hydrogen) atoms. The molecule has 1 aromatic heterocycles. The zero-order valence-electron chi connectivity index (χ0n) is 11.1. The summed E-state index contributed by atoms with van der Waals surface area (Å²) in [7, 11) is 0. The Morgan fingerprint density at radius 2 is 2.00 bits per heavy atom. The third-order valence-electron chi connectivity index (χ3n) is 2.61. The van der Waals surface area contributed by atoms with Crippen molar-refractivity contribution in [3.05, 3.63) is 5.82 Å². The van der Waals surface area contributed by atoms with Gasteiger partial charge in [-0.05, 0) is 18.3 Å². The van der Waals surface area contributed by atoms with Crippen molar-refractivity contribution in [2.45, 2.75) is 46.6 Å². The predicted octanol–water partition coefficient (Wildman–Crippen LogP) is 2.56.